The van der Waals surface area contributed by atoms with Crippen molar-refractivity contribution in [3.8, 4) is 16.9 Å². The Hall–Kier alpha value is -6.51. The number of piperazine rings is 1. The van der Waals surface area contributed by atoms with Gasteiger partial charge in [-0.1, -0.05) is 12.1 Å². The van der Waals surface area contributed by atoms with E-state index in [-0.39, 0.29) is 43.8 Å². The number of hydrogen-bond acceptors (Lipinski definition) is 11. The zero-order valence-corrected chi connectivity index (χ0v) is 37.5. The fraction of sp³-hybridized carbons (Fsp3) is 0.383. The number of aromatic amines is 1. The molecule has 2 atom stereocenters. The number of rotatable bonds is 13. The molecule has 352 valence electrons. The van der Waals surface area contributed by atoms with Gasteiger partial charge >= 0.3 is 10.2 Å². The van der Waals surface area contributed by atoms with Gasteiger partial charge in [0, 0.05) is 112 Å². The van der Waals surface area contributed by atoms with Crippen molar-refractivity contribution < 1.29 is 45.5 Å². The molecule has 4 fully saturated rings. The maximum Gasteiger partial charge on any atom is 0.301 e. The summed E-state index contributed by atoms with van der Waals surface area (Å²) in [6, 6.07) is 16.1. The van der Waals surface area contributed by atoms with Crippen molar-refractivity contribution >= 4 is 61.8 Å². The molecule has 16 nitrogen and oxygen atoms in total. The number of nitrogens with one attached hydrogen (secondary N) is 4. The van der Waals surface area contributed by atoms with Crippen molar-refractivity contribution in [3.05, 3.63) is 101 Å². The van der Waals surface area contributed by atoms with Gasteiger partial charge in [0.15, 0.2) is 5.82 Å². The largest absolute Gasteiger partial charge is 0.496 e. The number of alkyl halides is 1. The molecule has 9 rings (SSSR count). The maximum atomic E-state index is 15.8. The molecule has 4 saturated heterocycles. The molecule has 5 aromatic rings. The summed E-state index contributed by atoms with van der Waals surface area (Å²) in [7, 11) is -2.85. The van der Waals surface area contributed by atoms with Crippen molar-refractivity contribution in [2.24, 2.45) is 5.92 Å². The van der Waals surface area contributed by atoms with Gasteiger partial charge in [-0.2, -0.15) is 12.7 Å². The van der Waals surface area contributed by atoms with E-state index in [1.807, 2.05) is 41.1 Å². The number of carbonyl (C=O) groups is 4. The molecule has 20 heteroatoms. The van der Waals surface area contributed by atoms with Gasteiger partial charge in [-0.05, 0) is 79.6 Å². The molecule has 2 aromatic heterocycles. The van der Waals surface area contributed by atoms with Crippen LogP contribution >= 0.6 is 0 Å². The first-order valence-electron chi connectivity index (χ1n) is 22.3. The quantitative estimate of drug-likeness (QED) is 0.0917. The average molecular weight is 942 g/mol. The van der Waals surface area contributed by atoms with Crippen LogP contribution in [0.5, 0.6) is 5.75 Å². The number of nitrogens with zero attached hydrogens (tertiary/aromatic N) is 5. The Morgan fingerprint density at radius 3 is 2.28 bits per heavy atom. The molecule has 0 radical (unpaired) electrons. The number of methoxy groups -OCH3 is 1. The fourth-order valence-corrected chi connectivity index (χ4v) is 10.6. The number of anilines is 3. The Kier molecular flexibility index (Phi) is 12.9. The van der Waals surface area contributed by atoms with Crippen LogP contribution < -0.4 is 29.9 Å². The molecule has 4 aliphatic rings. The Morgan fingerprint density at radius 1 is 0.851 bits per heavy atom. The minimum atomic E-state index is -4.36. The molecule has 0 saturated carbocycles. The lowest BCUT2D eigenvalue weighted by Crippen LogP contribution is -2.52. The molecular weight excluding hydrogens is 892 g/mol. The second kappa shape index (κ2) is 19.0. The van der Waals surface area contributed by atoms with Gasteiger partial charge in [0.1, 0.15) is 29.4 Å². The van der Waals surface area contributed by atoms with E-state index in [0.29, 0.717) is 33.8 Å². The highest BCUT2D eigenvalue weighted by Gasteiger charge is 2.34. The molecular formula is C47H50F3N9O7S. The van der Waals surface area contributed by atoms with Gasteiger partial charge in [-0.3, -0.25) is 34.1 Å². The number of piperidine rings is 2. The second-order valence-electron chi connectivity index (χ2n) is 17.4. The fourth-order valence-electron chi connectivity index (χ4n) is 9.36. The van der Waals surface area contributed by atoms with E-state index in [1.165, 1.54) is 13.3 Å². The minimum Gasteiger partial charge on any atom is -0.496 e. The van der Waals surface area contributed by atoms with Crippen molar-refractivity contribution in [2.75, 3.05) is 80.5 Å². The SMILES string of the molecule is COc1cc(N2CCC(CN3CCN(c4ccc(-c5cnc6[nH]cc(C(=O)c7c(F)ccc(NS(=O)(=O)N8CC[C@@H](F)C8)c7F)c6c5)cc4)CC3)CC2)ccc1C(=O)N[C@H]1CCC(=O)NC1=O. The number of hydrogen-bond donors (Lipinski definition) is 4. The second-order valence-corrected chi connectivity index (χ2v) is 19.1. The van der Waals surface area contributed by atoms with Crippen molar-refractivity contribution in [1.82, 2.24) is 29.8 Å². The number of halogens is 3. The minimum absolute atomic E-state index is 0.000786. The van der Waals surface area contributed by atoms with Crippen LogP contribution in [0.4, 0.5) is 30.2 Å². The van der Waals surface area contributed by atoms with Crippen LogP contribution in [-0.2, 0) is 19.8 Å². The lowest BCUT2D eigenvalue weighted by Gasteiger charge is -2.40. The van der Waals surface area contributed by atoms with Gasteiger partial charge in [-0.25, -0.2) is 18.2 Å². The monoisotopic (exact) mass is 941 g/mol. The molecule has 0 spiro atoms. The summed E-state index contributed by atoms with van der Waals surface area (Å²) in [5.74, 6) is -3.90. The Balaban J connectivity index is 0.778. The van der Waals surface area contributed by atoms with Crippen molar-refractivity contribution in [3.63, 3.8) is 0 Å². The highest BCUT2D eigenvalue weighted by molar-refractivity contribution is 7.90. The topological polar surface area (TPSA) is 189 Å². The number of fused-ring (bicyclic) bond motifs is 1. The van der Waals surface area contributed by atoms with Crippen LogP contribution in [0.15, 0.2) is 73.1 Å². The molecule has 3 amide bonds. The summed E-state index contributed by atoms with van der Waals surface area (Å²) in [4.78, 5) is 65.0. The first-order chi connectivity index (χ1) is 32.2. The number of carbonyl (C=O) groups excluding carboxylic acids is 4. The first kappa shape index (κ1) is 45.6. The Bertz CT molecular complexity index is 2830. The lowest BCUT2D eigenvalue weighted by atomic mass is 9.95. The molecule has 6 heterocycles. The third-order valence-electron chi connectivity index (χ3n) is 13.2. The highest BCUT2D eigenvalue weighted by atomic mass is 32.2. The average Bonchev–Trinajstić information content (AvgIpc) is 3.98. The molecule has 4 N–H and O–H groups in total. The smallest absolute Gasteiger partial charge is 0.301 e. The normalized spacial score (nSPS) is 20.0. The van der Waals surface area contributed by atoms with Gasteiger partial charge in [0.25, 0.3) is 5.91 Å². The first-order valence-corrected chi connectivity index (χ1v) is 23.8. The number of H-pyrrole nitrogens is 1. The van der Waals surface area contributed by atoms with Crippen LogP contribution in [-0.4, -0.2) is 129 Å². The zero-order chi connectivity index (χ0) is 47.0. The number of amides is 3. The van der Waals surface area contributed by atoms with Crippen LogP contribution in [0.1, 0.15) is 58.4 Å². The lowest BCUT2D eigenvalue weighted by molar-refractivity contribution is -0.134. The van der Waals surface area contributed by atoms with Gasteiger partial charge in [0.2, 0.25) is 17.6 Å². The third-order valence-corrected chi connectivity index (χ3v) is 14.7. The van der Waals surface area contributed by atoms with Gasteiger partial charge < -0.3 is 24.8 Å². The van der Waals surface area contributed by atoms with E-state index < -0.39 is 62.9 Å². The number of ether oxygens (including phenoxy) is 1. The summed E-state index contributed by atoms with van der Waals surface area (Å²) in [6.45, 7) is 5.80. The van der Waals surface area contributed by atoms with E-state index in [4.69, 9.17) is 4.74 Å². The number of imide groups is 1. The van der Waals surface area contributed by atoms with E-state index in [9.17, 15) is 32.0 Å². The summed E-state index contributed by atoms with van der Waals surface area (Å²) in [5, 5.41) is 5.30. The van der Waals surface area contributed by atoms with Crippen LogP contribution in [0.3, 0.4) is 0 Å². The molecule has 0 aliphatic carbocycles. The van der Waals surface area contributed by atoms with Crippen LogP contribution in [0.2, 0.25) is 0 Å². The van der Waals surface area contributed by atoms with E-state index in [2.05, 4.69) is 35.3 Å². The number of ketones is 1. The number of benzene rings is 3. The van der Waals surface area contributed by atoms with E-state index in [1.54, 1.807) is 18.3 Å². The highest BCUT2D eigenvalue weighted by Crippen LogP contribution is 2.33. The third kappa shape index (κ3) is 9.68. The molecule has 0 bridgehead atoms. The van der Waals surface area contributed by atoms with Crippen molar-refractivity contribution in [2.45, 2.75) is 44.3 Å². The molecule has 3 aromatic carbocycles. The van der Waals surface area contributed by atoms with E-state index >= 15 is 8.78 Å². The van der Waals surface area contributed by atoms with Gasteiger partial charge in [0.05, 0.1) is 23.9 Å². The predicted molar refractivity (Wildman–Crippen MR) is 245 cm³/mol. The Morgan fingerprint density at radius 2 is 1.58 bits per heavy atom. The summed E-state index contributed by atoms with van der Waals surface area (Å²) < 4.78 is 78.7. The zero-order valence-electron chi connectivity index (χ0n) is 36.7. The molecule has 4 aliphatic heterocycles. The van der Waals surface area contributed by atoms with E-state index in [0.717, 1.165) is 92.0 Å². The van der Waals surface area contributed by atoms with Crippen molar-refractivity contribution in [1.29, 1.82) is 0 Å². The van der Waals surface area contributed by atoms with Crippen LogP contribution in [0.25, 0.3) is 22.2 Å². The van der Waals surface area contributed by atoms with Gasteiger partial charge in [-0.15, -0.1) is 0 Å². The Labute approximate surface area is 385 Å². The van der Waals surface area contributed by atoms with Crippen LogP contribution in [0, 0.1) is 17.6 Å². The number of aromatic nitrogens is 2. The predicted octanol–water partition coefficient (Wildman–Crippen LogP) is 5.02. The number of pyridine rings is 1. The maximum absolute atomic E-state index is 15.8. The standard InChI is InChI=1S/C47H50F3N9O7S/c1-66-40-23-33(6-7-34(40)46(62)53-39-10-11-41(60)54-47(39)63)57-15-12-28(13-16-57)26-56-18-20-58(21-19-56)32-4-2-29(3-5-32)30-22-35-36(25-52-45(35)51-24-30)44(61)42-37(49)8-9-38(43(42)50)55-67(64,65)59-17-14-31(48)27-59/h2-9,22-25,28,31,39,55H,10-21,26-27H2,1H3,(H,51,52)(H,53,62)(H,54,60,63)/t31-,39+/m1/s1. The molecule has 0 unspecified atom stereocenters. The summed E-state index contributed by atoms with van der Waals surface area (Å²) in [6.07, 6.45) is 4.07. The molecule has 67 heavy (non-hydrogen) atoms. The summed E-state index contributed by atoms with van der Waals surface area (Å²) in [5.41, 5.74) is 2.54. The summed E-state index contributed by atoms with van der Waals surface area (Å²) >= 11 is 0.